The highest BCUT2D eigenvalue weighted by molar-refractivity contribution is 5.92. The van der Waals surface area contributed by atoms with Crippen molar-refractivity contribution in [3.8, 4) is 11.4 Å². The minimum absolute atomic E-state index is 0.0780. The first-order valence-electron chi connectivity index (χ1n) is 6.07. The number of fused-ring (bicyclic) bond motifs is 1. The lowest BCUT2D eigenvalue weighted by Gasteiger charge is -2.08. The van der Waals surface area contributed by atoms with Gasteiger partial charge in [0, 0.05) is 24.3 Å². The number of hydrogen-bond donors (Lipinski definition) is 0. The summed E-state index contributed by atoms with van der Waals surface area (Å²) in [4.78, 5) is 20.5. The zero-order chi connectivity index (χ0) is 13.2. The second-order valence-electron chi connectivity index (χ2n) is 4.11. The van der Waals surface area contributed by atoms with Crippen LogP contribution >= 0.6 is 0 Å². The van der Waals surface area contributed by atoms with Gasteiger partial charge in [0.15, 0.2) is 0 Å². The third-order valence-corrected chi connectivity index (χ3v) is 2.97. The van der Waals surface area contributed by atoms with Crippen molar-refractivity contribution in [1.29, 1.82) is 0 Å². The molecule has 0 atom stereocenters. The van der Waals surface area contributed by atoms with Crippen molar-refractivity contribution in [2.24, 2.45) is 0 Å². The maximum Gasteiger partial charge on any atom is 0.274 e. The minimum Gasteiger partial charge on any atom is -0.267 e. The number of nitrogens with zero attached hydrogens (tertiary/aromatic N) is 4. The molecule has 0 saturated heterocycles. The Labute approximate surface area is 109 Å². The molecule has 0 spiro atoms. The molecule has 0 aliphatic rings. The number of aromatic nitrogens is 4. The number of benzene rings is 1. The molecule has 0 unspecified atom stereocenters. The van der Waals surface area contributed by atoms with Crippen LogP contribution in [0.4, 0.5) is 0 Å². The van der Waals surface area contributed by atoms with Gasteiger partial charge in [-0.15, -0.1) is 0 Å². The first-order chi connectivity index (χ1) is 9.31. The van der Waals surface area contributed by atoms with Gasteiger partial charge in [-0.2, -0.15) is 5.10 Å². The Morgan fingerprint density at radius 1 is 1.16 bits per heavy atom. The third kappa shape index (κ3) is 1.89. The van der Waals surface area contributed by atoms with Gasteiger partial charge < -0.3 is 0 Å². The van der Waals surface area contributed by atoms with E-state index in [1.54, 1.807) is 18.6 Å². The molecule has 0 bridgehead atoms. The summed E-state index contributed by atoms with van der Waals surface area (Å²) in [6.07, 6.45) is 4.88. The van der Waals surface area contributed by atoms with E-state index in [2.05, 4.69) is 15.1 Å². The monoisotopic (exact) mass is 252 g/mol. The van der Waals surface area contributed by atoms with E-state index in [4.69, 9.17) is 0 Å². The molecule has 0 radical (unpaired) electrons. The maximum atomic E-state index is 12.2. The van der Waals surface area contributed by atoms with E-state index in [1.807, 2.05) is 31.2 Å². The molecule has 19 heavy (non-hydrogen) atoms. The normalized spacial score (nSPS) is 10.8. The number of rotatable bonds is 2. The average molecular weight is 252 g/mol. The summed E-state index contributed by atoms with van der Waals surface area (Å²) in [5.74, 6) is 0. The lowest BCUT2D eigenvalue weighted by Crippen LogP contribution is -2.23. The van der Waals surface area contributed by atoms with Gasteiger partial charge in [0.05, 0.1) is 11.6 Å². The summed E-state index contributed by atoms with van der Waals surface area (Å²) in [6, 6.07) is 7.43. The Balaban J connectivity index is 2.42. The number of hydrogen-bond acceptors (Lipinski definition) is 4. The molecule has 5 heteroatoms. The van der Waals surface area contributed by atoms with E-state index in [-0.39, 0.29) is 5.56 Å². The zero-order valence-corrected chi connectivity index (χ0v) is 10.4. The predicted molar refractivity (Wildman–Crippen MR) is 72.7 cm³/mol. The lowest BCUT2D eigenvalue weighted by molar-refractivity contribution is 0.626. The fourth-order valence-corrected chi connectivity index (χ4v) is 2.06. The third-order valence-electron chi connectivity index (χ3n) is 2.97. The summed E-state index contributed by atoms with van der Waals surface area (Å²) in [6.45, 7) is 2.42. The van der Waals surface area contributed by atoms with E-state index in [0.717, 1.165) is 5.39 Å². The van der Waals surface area contributed by atoms with Crippen LogP contribution in [0.1, 0.15) is 6.92 Å². The molecule has 5 nitrogen and oxygen atoms in total. The van der Waals surface area contributed by atoms with Crippen LogP contribution in [0.5, 0.6) is 0 Å². The summed E-state index contributed by atoms with van der Waals surface area (Å²) in [7, 11) is 0. The van der Waals surface area contributed by atoms with Crippen molar-refractivity contribution in [3.05, 3.63) is 53.2 Å². The van der Waals surface area contributed by atoms with Crippen LogP contribution in [0, 0.1) is 0 Å². The van der Waals surface area contributed by atoms with Crippen molar-refractivity contribution in [2.45, 2.75) is 13.5 Å². The van der Waals surface area contributed by atoms with Crippen molar-refractivity contribution >= 4 is 10.8 Å². The second-order valence-corrected chi connectivity index (χ2v) is 4.11. The SMILES string of the molecule is CCn1nc(-c2cnccn2)c2ccccc2c1=O. The summed E-state index contributed by atoms with van der Waals surface area (Å²) < 4.78 is 1.45. The van der Waals surface area contributed by atoms with Gasteiger partial charge >= 0.3 is 0 Å². The Morgan fingerprint density at radius 3 is 2.63 bits per heavy atom. The van der Waals surface area contributed by atoms with E-state index in [9.17, 15) is 4.79 Å². The largest absolute Gasteiger partial charge is 0.274 e. The second kappa shape index (κ2) is 4.61. The fraction of sp³-hybridized carbons (Fsp3) is 0.143. The minimum atomic E-state index is -0.0780. The molecular weight excluding hydrogens is 240 g/mol. The molecule has 0 aliphatic heterocycles. The topological polar surface area (TPSA) is 60.7 Å². The molecule has 0 amide bonds. The molecule has 2 heterocycles. The van der Waals surface area contributed by atoms with Gasteiger partial charge in [-0.3, -0.25) is 14.8 Å². The van der Waals surface area contributed by atoms with E-state index >= 15 is 0 Å². The molecule has 0 aliphatic carbocycles. The predicted octanol–water partition coefficient (Wildman–Crippen LogP) is 1.87. The average Bonchev–Trinajstić information content (AvgIpc) is 2.49. The Bertz CT molecular complexity index is 780. The standard InChI is InChI=1S/C14H12N4O/c1-2-18-14(19)11-6-4-3-5-10(11)13(17-18)12-9-15-7-8-16-12/h3-9H,2H2,1H3. The van der Waals surface area contributed by atoms with Crippen LogP contribution in [0.15, 0.2) is 47.7 Å². The molecule has 0 saturated carbocycles. The highest BCUT2D eigenvalue weighted by atomic mass is 16.1. The Hall–Kier alpha value is -2.56. The van der Waals surface area contributed by atoms with Gasteiger partial charge in [-0.1, -0.05) is 18.2 Å². The van der Waals surface area contributed by atoms with Crippen molar-refractivity contribution in [3.63, 3.8) is 0 Å². The summed E-state index contributed by atoms with van der Waals surface area (Å²) >= 11 is 0. The molecule has 3 aromatic rings. The lowest BCUT2D eigenvalue weighted by atomic mass is 10.1. The van der Waals surface area contributed by atoms with Gasteiger partial charge in [-0.05, 0) is 13.0 Å². The van der Waals surface area contributed by atoms with Crippen molar-refractivity contribution in [2.75, 3.05) is 0 Å². The van der Waals surface area contributed by atoms with Gasteiger partial charge in [0.1, 0.15) is 11.4 Å². The van der Waals surface area contributed by atoms with Gasteiger partial charge in [-0.25, -0.2) is 4.68 Å². The van der Waals surface area contributed by atoms with Crippen LogP contribution in [0.2, 0.25) is 0 Å². The highest BCUT2D eigenvalue weighted by Crippen LogP contribution is 2.21. The van der Waals surface area contributed by atoms with E-state index < -0.39 is 0 Å². The molecule has 0 N–H and O–H groups in total. The molecule has 3 rings (SSSR count). The van der Waals surface area contributed by atoms with E-state index in [0.29, 0.717) is 23.3 Å². The molecular formula is C14H12N4O. The highest BCUT2D eigenvalue weighted by Gasteiger charge is 2.11. The maximum absolute atomic E-state index is 12.2. The van der Waals surface area contributed by atoms with Crippen molar-refractivity contribution in [1.82, 2.24) is 19.7 Å². The summed E-state index contributed by atoms with van der Waals surface area (Å²) in [5, 5.41) is 5.85. The molecule has 2 aromatic heterocycles. The first kappa shape index (κ1) is 11.5. The summed E-state index contributed by atoms with van der Waals surface area (Å²) in [5.41, 5.74) is 1.27. The van der Waals surface area contributed by atoms with E-state index in [1.165, 1.54) is 4.68 Å². The fourth-order valence-electron chi connectivity index (χ4n) is 2.06. The number of aryl methyl sites for hydroxylation is 1. The van der Waals surface area contributed by atoms with Gasteiger partial charge in [0.25, 0.3) is 5.56 Å². The van der Waals surface area contributed by atoms with Crippen LogP contribution in [-0.4, -0.2) is 19.7 Å². The quantitative estimate of drug-likeness (QED) is 0.698. The molecule has 1 aromatic carbocycles. The van der Waals surface area contributed by atoms with Crippen LogP contribution < -0.4 is 5.56 Å². The van der Waals surface area contributed by atoms with Gasteiger partial charge in [0.2, 0.25) is 0 Å². The first-order valence-corrected chi connectivity index (χ1v) is 6.07. The zero-order valence-electron chi connectivity index (χ0n) is 10.4. The van der Waals surface area contributed by atoms with Crippen LogP contribution in [0.25, 0.3) is 22.2 Å². The van der Waals surface area contributed by atoms with Crippen LogP contribution in [-0.2, 0) is 6.54 Å². The molecule has 94 valence electrons. The molecule has 0 fully saturated rings. The smallest absolute Gasteiger partial charge is 0.267 e. The van der Waals surface area contributed by atoms with Crippen molar-refractivity contribution < 1.29 is 0 Å². The Kier molecular flexibility index (Phi) is 2.79. The van der Waals surface area contributed by atoms with Crippen LogP contribution in [0.3, 0.4) is 0 Å². The Morgan fingerprint density at radius 2 is 1.95 bits per heavy atom.